The molecule has 3 heteroatoms. The van der Waals surface area contributed by atoms with Crippen molar-refractivity contribution in [1.29, 1.82) is 0 Å². The first kappa shape index (κ1) is 12.9. The van der Waals surface area contributed by atoms with Gasteiger partial charge in [0.25, 0.3) is 0 Å². The number of hydrogen-bond acceptors (Lipinski definition) is 2. The summed E-state index contributed by atoms with van der Waals surface area (Å²) < 4.78 is 1.92. The number of rotatable bonds is 6. The van der Waals surface area contributed by atoms with Crippen LogP contribution in [0.1, 0.15) is 45.0 Å². The van der Waals surface area contributed by atoms with Crippen molar-refractivity contribution in [3.05, 3.63) is 17.5 Å². The fourth-order valence-electron chi connectivity index (χ4n) is 1.76. The Morgan fingerprint density at radius 1 is 1.50 bits per heavy atom. The highest BCUT2D eigenvalue weighted by Crippen LogP contribution is 2.09. The van der Waals surface area contributed by atoms with Crippen molar-refractivity contribution in [2.75, 3.05) is 0 Å². The SMILES string of the molecule is CCn1nc(C)cc1CC(=O)CCC(C)C. The molecule has 0 fully saturated rings. The number of hydrogen-bond donors (Lipinski definition) is 0. The largest absolute Gasteiger partial charge is 0.299 e. The first-order valence-corrected chi connectivity index (χ1v) is 6.08. The first-order valence-electron chi connectivity index (χ1n) is 6.08. The van der Waals surface area contributed by atoms with Gasteiger partial charge < -0.3 is 0 Å². The van der Waals surface area contributed by atoms with Crippen LogP contribution in [0.15, 0.2) is 6.07 Å². The molecule has 1 heterocycles. The second-order valence-corrected chi connectivity index (χ2v) is 4.74. The zero-order valence-electron chi connectivity index (χ0n) is 10.8. The number of nitrogens with zero attached hydrogens (tertiary/aromatic N) is 2. The zero-order chi connectivity index (χ0) is 12.1. The highest BCUT2D eigenvalue weighted by molar-refractivity contribution is 5.80. The quantitative estimate of drug-likeness (QED) is 0.741. The number of carbonyl (C=O) groups is 1. The Bertz CT molecular complexity index is 353. The fraction of sp³-hybridized carbons (Fsp3) is 0.692. The molecule has 0 bridgehead atoms. The molecule has 0 unspecified atom stereocenters. The van der Waals surface area contributed by atoms with E-state index in [9.17, 15) is 4.79 Å². The van der Waals surface area contributed by atoms with Gasteiger partial charge in [0.1, 0.15) is 5.78 Å². The van der Waals surface area contributed by atoms with Crippen LogP contribution in [-0.2, 0) is 17.8 Å². The van der Waals surface area contributed by atoms with Crippen molar-refractivity contribution in [3.63, 3.8) is 0 Å². The van der Waals surface area contributed by atoms with Gasteiger partial charge in [-0.3, -0.25) is 9.48 Å². The summed E-state index contributed by atoms with van der Waals surface area (Å²) in [6.07, 6.45) is 2.20. The Labute approximate surface area is 97.8 Å². The zero-order valence-corrected chi connectivity index (χ0v) is 10.8. The molecule has 0 spiro atoms. The molecule has 0 aliphatic rings. The summed E-state index contributed by atoms with van der Waals surface area (Å²) in [5, 5.41) is 4.34. The van der Waals surface area contributed by atoms with E-state index in [1.807, 2.05) is 17.7 Å². The van der Waals surface area contributed by atoms with Crippen molar-refractivity contribution in [3.8, 4) is 0 Å². The minimum atomic E-state index is 0.322. The van der Waals surface area contributed by atoms with Gasteiger partial charge in [-0.1, -0.05) is 13.8 Å². The van der Waals surface area contributed by atoms with Crippen LogP contribution < -0.4 is 0 Å². The molecular formula is C13H22N2O. The predicted octanol–water partition coefficient (Wildman–Crippen LogP) is 2.76. The lowest BCUT2D eigenvalue weighted by Crippen LogP contribution is -2.10. The van der Waals surface area contributed by atoms with E-state index < -0.39 is 0 Å². The van der Waals surface area contributed by atoms with Crippen LogP contribution in [0.25, 0.3) is 0 Å². The molecule has 1 rings (SSSR count). The molecule has 0 aliphatic heterocycles. The average molecular weight is 222 g/mol. The van der Waals surface area contributed by atoms with Crippen molar-refractivity contribution in [1.82, 2.24) is 9.78 Å². The van der Waals surface area contributed by atoms with Crippen molar-refractivity contribution < 1.29 is 4.79 Å². The van der Waals surface area contributed by atoms with E-state index in [0.29, 0.717) is 24.5 Å². The normalized spacial score (nSPS) is 11.1. The second-order valence-electron chi connectivity index (χ2n) is 4.74. The van der Waals surface area contributed by atoms with E-state index in [4.69, 9.17) is 0 Å². The van der Waals surface area contributed by atoms with E-state index in [1.54, 1.807) is 0 Å². The molecule has 0 amide bonds. The van der Waals surface area contributed by atoms with Crippen LogP contribution >= 0.6 is 0 Å². The second kappa shape index (κ2) is 5.83. The van der Waals surface area contributed by atoms with E-state index >= 15 is 0 Å². The fourth-order valence-corrected chi connectivity index (χ4v) is 1.76. The van der Waals surface area contributed by atoms with E-state index in [-0.39, 0.29) is 0 Å². The van der Waals surface area contributed by atoms with Gasteiger partial charge in [0, 0.05) is 25.1 Å². The number of aryl methyl sites for hydroxylation is 2. The maximum absolute atomic E-state index is 11.8. The molecule has 1 aromatic rings. The van der Waals surface area contributed by atoms with Gasteiger partial charge in [0.2, 0.25) is 0 Å². The third-order valence-corrected chi connectivity index (χ3v) is 2.66. The van der Waals surface area contributed by atoms with Gasteiger partial charge in [-0.2, -0.15) is 5.10 Å². The van der Waals surface area contributed by atoms with Crippen LogP contribution in [0.4, 0.5) is 0 Å². The Kier molecular flexibility index (Phi) is 4.71. The molecule has 0 saturated heterocycles. The number of ketones is 1. The molecule has 0 aromatic carbocycles. The van der Waals surface area contributed by atoms with E-state index in [0.717, 1.165) is 24.4 Å². The standard InChI is InChI=1S/C13H22N2O/c1-5-15-12(8-11(4)14-15)9-13(16)7-6-10(2)3/h8,10H,5-7,9H2,1-4H3. The lowest BCUT2D eigenvalue weighted by Gasteiger charge is -2.05. The monoisotopic (exact) mass is 222 g/mol. The van der Waals surface area contributed by atoms with Crippen molar-refractivity contribution >= 4 is 5.78 Å². The lowest BCUT2D eigenvalue weighted by molar-refractivity contribution is -0.118. The molecule has 90 valence electrons. The van der Waals surface area contributed by atoms with E-state index in [1.165, 1.54) is 0 Å². The third-order valence-electron chi connectivity index (χ3n) is 2.66. The summed E-state index contributed by atoms with van der Waals surface area (Å²) >= 11 is 0. The predicted molar refractivity (Wildman–Crippen MR) is 65.4 cm³/mol. The molecule has 0 N–H and O–H groups in total. The Balaban J connectivity index is 2.55. The third kappa shape index (κ3) is 3.80. The molecule has 0 radical (unpaired) electrons. The topological polar surface area (TPSA) is 34.9 Å². The van der Waals surface area contributed by atoms with Crippen LogP contribution in [0, 0.1) is 12.8 Å². The molecule has 16 heavy (non-hydrogen) atoms. The number of carbonyl (C=O) groups excluding carboxylic acids is 1. The van der Waals surface area contributed by atoms with Gasteiger partial charge in [-0.05, 0) is 32.3 Å². The van der Waals surface area contributed by atoms with Crippen molar-refractivity contribution in [2.24, 2.45) is 5.92 Å². The van der Waals surface area contributed by atoms with Crippen LogP contribution in [0.2, 0.25) is 0 Å². The van der Waals surface area contributed by atoms with Crippen LogP contribution in [0.3, 0.4) is 0 Å². The summed E-state index contributed by atoms with van der Waals surface area (Å²) in [5.74, 6) is 0.921. The highest BCUT2D eigenvalue weighted by Gasteiger charge is 2.10. The van der Waals surface area contributed by atoms with Gasteiger partial charge in [-0.25, -0.2) is 0 Å². The summed E-state index contributed by atoms with van der Waals surface area (Å²) in [4.78, 5) is 11.8. The molecule has 0 saturated carbocycles. The lowest BCUT2D eigenvalue weighted by atomic mass is 10.0. The Morgan fingerprint density at radius 2 is 2.19 bits per heavy atom. The van der Waals surface area contributed by atoms with Gasteiger partial charge in [-0.15, -0.1) is 0 Å². The van der Waals surface area contributed by atoms with Crippen LogP contribution in [0.5, 0.6) is 0 Å². The molecule has 3 nitrogen and oxygen atoms in total. The van der Waals surface area contributed by atoms with Crippen molar-refractivity contribution in [2.45, 2.75) is 53.5 Å². The average Bonchev–Trinajstić information content (AvgIpc) is 2.55. The minimum absolute atomic E-state index is 0.322. The summed E-state index contributed by atoms with van der Waals surface area (Å²) in [6, 6.07) is 2.01. The molecule has 0 aliphatic carbocycles. The van der Waals surface area contributed by atoms with E-state index in [2.05, 4.69) is 25.9 Å². The summed E-state index contributed by atoms with van der Waals surface area (Å²) in [6.45, 7) is 9.14. The Hall–Kier alpha value is -1.12. The van der Waals surface area contributed by atoms with Gasteiger partial charge in [0.15, 0.2) is 0 Å². The maximum atomic E-state index is 11.8. The first-order chi connectivity index (χ1) is 7.52. The maximum Gasteiger partial charge on any atom is 0.138 e. The molecule has 0 atom stereocenters. The molecular weight excluding hydrogens is 200 g/mol. The number of Topliss-reactive ketones (excluding diaryl/α,β-unsaturated/α-hetero) is 1. The summed E-state index contributed by atoms with van der Waals surface area (Å²) in [5.41, 5.74) is 2.04. The smallest absolute Gasteiger partial charge is 0.138 e. The summed E-state index contributed by atoms with van der Waals surface area (Å²) in [7, 11) is 0. The van der Waals surface area contributed by atoms with Crippen LogP contribution in [-0.4, -0.2) is 15.6 Å². The minimum Gasteiger partial charge on any atom is -0.299 e. The van der Waals surface area contributed by atoms with Gasteiger partial charge >= 0.3 is 0 Å². The highest BCUT2D eigenvalue weighted by atomic mass is 16.1. The number of aromatic nitrogens is 2. The van der Waals surface area contributed by atoms with Gasteiger partial charge in [0.05, 0.1) is 5.69 Å². The molecule has 1 aromatic heterocycles. The Morgan fingerprint density at radius 3 is 2.75 bits per heavy atom.